The first-order chi connectivity index (χ1) is 14.7. The van der Waals surface area contributed by atoms with Crippen molar-refractivity contribution in [3.8, 4) is 0 Å². The maximum Gasteiger partial charge on any atom is 0.245 e. The summed E-state index contributed by atoms with van der Waals surface area (Å²) < 4.78 is 0. The predicted molar refractivity (Wildman–Crippen MR) is 118 cm³/mol. The standard InChI is InChI=1S/C25H31N3O2/c1-2-23(29)28-15-9-14-22(28)25(30)27-18-16-26(17-19-27)24(20-10-5-3-6-11-20)21-12-7-4-8-13-21/h3-8,10-13,22,24H,2,9,14-19H2,1H3. The van der Waals surface area contributed by atoms with Crippen molar-refractivity contribution in [2.24, 2.45) is 0 Å². The highest BCUT2D eigenvalue weighted by atomic mass is 16.2. The SMILES string of the molecule is CCC(=O)N1CCCC1C(=O)N1CCN(C(c2ccccc2)c2ccccc2)CC1. The molecule has 0 spiro atoms. The average molecular weight is 406 g/mol. The van der Waals surface area contributed by atoms with Crippen LogP contribution >= 0.6 is 0 Å². The van der Waals surface area contributed by atoms with E-state index in [0.717, 1.165) is 25.9 Å². The van der Waals surface area contributed by atoms with Crippen molar-refractivity contribution < 1.29 is 9.59 Å². The van der Waals surface area contributed by atoms with E-state index in [0.29, 0.717) is 26.1 Å². The summed E-state index contributed by atoms with van der Waals surface area (Å²) >= 11 is 0. The summed E-state index contributed by atoms with van der Waals surface area (Å²) in [5, 5.41) is 0. The first-order valence-corrected chi connectivity index (χ1v) is 11.1. The third kappa shape index (κ3) is 4.26. The van der Waals surface area contributed by atoms with E-state index in [4.69, 9.17) is 0 Å². The lowest BCUT2D eigenvalue weighted by atomic mass is 9.96. The van der Waals surface area contributed by atoms with Crippen molar-refractivity contribution >= 4 is 11.8 Å². The Balaban J connectivity index is 1.46. The summed E-state index contributed by atoms with van der Waals surface area (Å²) in [5.74, 6) is 0.225. The molecule has 2 aromatic carbocycles. The van der Waals surface area contributed by atoms with Crippen LogP contribution in [0, 0.1) is 0 Å². The zero-order chi connectivity index (χ0) is 20.9. The maximum atomic E-state index is 13.2. The van der Waals surface area contributed by atoms with Crippen LogP contribution in [-0.4, -0.2) is 65.3 Å². The third-order valence-corrected chi connectivity index (χ3v) is 6.38. The molecule has 2 saturated heterocycles. The Bertz CT molecular complexity index is 808. The molecule has 1 unspecified atom stereocenters. The molecule has 2 heterocycles. The molecule has 2 fully saturated rings. The molecular formula is C25H31N3O2. The van der Waals surface area contributed by atoms with Gasteiger partial charge in [0.05, 0.1) is 6.04 Å². The number of nitrogens with zero attached hydrogens (tertiary/aromatic N) is 3. The number of carbonyl (C=O) groups is 2. The van der Waals surface area contributed by atoms with E-state index in [1.807, 2.05) is 24.0 Å². The molecule has 0 aliphatic carbocycles. The van der Waals surface area contributed by atoms with Gasteiger partial charge in [0.1, 0.15) is 6.04 Å². The summed E-state index contributed by atoms with van der Waals surface area (Å²) in [6.45, 7) is 5.66. The number of rotatable bonds is 5. The molecule has 2 aliphatic rings. The van der Waals surface area contributed by atoms with Crippen molar-refractivity contribution in [3.63, 3.8) is 0 Å². The molecule has 2 aromatic rings. The van der Waals surface area contributed by atoms with Crippen LogP contribution in [0.3, 0.4) is 0 Å². The number of benzene rings is 2. The lowest BCUT2D eigenvalue weighted by Crippen LogP contribution is -2.54. The Labute approximate surface area is 179 Å². The molecule has 5 heteroatoms. The van der Waals surface area contributed by atoms with Crippen LogP contribution in [0.5, 0.6) is 0 Å². The molecule has 0 aromatic heterocycles. The van der Waals surface area contributed by atoms with E-state index in [2.05, 4.69) is 53.4 Å². The van der Waals surface area contributed by atoms with Gasteiger partial charge in [-0.05, 0) is 24.0 Å². The van der Waals surface area contributed by atoms with Gasteiger partial charge in [0.2, 0.25) is 11.8 Å². The predicted octanol–water partition coefficient (Wildman–Crippen LogP) is 3.32. The second-order valence-electron chi connectivity index (χ2n) is 8.18. The molecular weight excluding hydrogens is 374 g/mol. The van der Waals surface area contributed by atoms with Crippen LogP contribution in [0.25, 0.3) is 0 Å². The lowest BCUT2D eigenvalue weighted by molar-refractivity contribution is -0.145. The van der Waals surface area contributed by atoms with Gasteiger partial charge in [-0.25, -0.2) is 0 Å². The van der Waals surface area contributed by atoms with Crippen LogP contribution < -0.4 is 0 Å². The molecule has 0 radical (unpaired) electrons. The first-order valence-electron chi connectivity index (χ1n) is 11.1. The summed E-state index contributed by atoms with van der Waals surface area (Å²) in [5.41, 5.74) is 2.55. The Morgan fingerprint density at radius 1 is 0.867 bits per heavy atom. The smallest absolute Gasteiger partial charge is 0.245 e. The number of amides is 2. The van der Waals surface area contributed by atoms with E-state index in [1.54, 1.807) is 4.90 Å². The van der Waals surface area contributed by atoms with E-state index in [9.17, 15) is 9.59 Å². The second-order valence-corrected chi connectivity index (χ2v) is 8.18. The third-order valence-electron chi connectivity index (χ3n) is 6.38. The number of carbonyl (C=O) groups excluding carboxylic acids is 2. The number of hydrogen-bond acceptors (Lipinski definition) is 3. The van der Waals surface area contributed by atoms with Crippen molar-refractivity contribution in [1.29, 1.82) is 0 Å². The summed E-state index contributed by atoms with van der Waals surface area (Å²) in [6, 6.07) is 21.1. The molecule has 4 rings (SSSR count). The van der Waals surface area contributed by atoms with E-state index < -0.39 is 0 Å². The summed E-state index contributed by atoms with van der Waals surface area (Å²) in [4.78, 5) is 31.6. The van der Waals surface area contributed by atoms with E-state index in [-0.39, 0.29) is 23.9 Å². The highest BCUT2D eigenvalue weighted by Gasteiger charge is 2.37. The van der Waals surface area contributed by atoms with Crippen LogP contribution in [0.4, 0.5) is 0 Å². The van der Waals surface area contributed by atoms with Gasteiger partial charge < -0.3 is 9.80 Å². The lowest BCUT2D eigenvalue weighted by Gasteiger charge is -2.41. The van der Waals surface area contributed by atoms with Crippen LogP contribution in [0.1, 0.15) is 43.4 Å². The topological polar surface area (TPSA) is 43.9 Å². The van der Waals surface area contributed by atoms with Gasteiger partial charge in [0.15, 0.2) is 0 Å². The van der Waals surface area contributed by atoms with Gasteiger partial charge in [-0.1, -0.05) is 67.6 Å². The molecule has 2 aliphatic heterocycles. The van der Waals surface area contributed by atoms with Crippen molar-refractivity contribution in [3.05, 3.63) is 71.8 Å². The van der Waals surface area contributed by atoms with Gasteiger partial charge >= 0.3 is 0 Å². The Morgan fingerprint density at radius 2 is 1.43 bits per heavy atom. The molecule has 5 nitrogen and oxygen atoms in total. The number of piperazine rings is 1. The fourth-order valence-electron chi connectivity index (χ4n) is 4.82. The quantitative estimate of drug-likeness (QED) is 0.767. The molecule has 0 saturated carbocycles. The Morgan fingerprint density at radius 3 is 1.97 bits per heavy atom. The number of likely N-dealkylation sites (tertiary alicyclic amines) is 1. The summed E-state index contributed by atoms with van der Waals surface area (Å²) in [6.07, 6.45) is 2.18. The molecule has 1 atom stereocenters. The minimum atomic E-state index is -0.261. The molecule has 0 bridgehead atoms. The first kappa shape index (κ1) is 20.6. The van der Waals surface area contributed by atoms with E-state index in [1.165, 1.54) is 11.1 Å². The molecule has 158 valence electrons. The minimum absolute atomic E-state index is 0.0951. The molecule has 2 amide bonds. The average Bonchev–Trinajstić information content (AvgIpc) is 3.30. The monoisotopic (exact) mass is 405 g/mol. The molecule has 0 N–H and O–H groups in total. The van der Waals surface area contributed by atoms with Gasteiger partial charge in [-0.2, -0.15) is 0 Å². The van der Waals surface area contributed by atoms with Crippen LogP contribution in [0.2, 0.25) is 0 Å². The van der Waals surface area contributed by atoms with Crippen molar-refractivity contribution in [2.45, 2.75) is 38.3 Å². The summed E-state index contributed by atoms with van der Waals surface area (Å²) in [7, 11) is 0. The maximum absolute atomic E-state index is 13.2. The Hall–Kier alpha value is -2.66. The van der Waals surface area contributed by atoms with Gasteiger partial charge in [-0.15, -0.1) is 0 Å². The normalized spacial score (nSPS) is 20.0. The highest BCUT2D eigenvalue weighted by Crippen LogP contribution is 2.30. The van der Waals surface area contributed by atoms with Crippen molar-refractivity contribution in [2.75, 3.05) is 32.7 Å². The largest absolute Gasteiger partial charge is 0.338 e. The van der Waals surface area contributed by atoms with Crippen LogP contribution in [0.15, 0.2) is 60.7 Å². The zero-order valence-electron chi connectivity index (χ0n) is 17.7. The second kappa shape index (κ2) is 9.43. The van der Waals surface area contributed by atoms with Gasteiger partial charge in [-0.3, -0.25) is 14.5 Å². The Kier molecular flexibility index (Phi) is 6.48. The zero-order valence-corrected chi connectivity index (χ0v) is 17.7. The fraction of sp³-hybridized carbons (Fsp3) is 0.440. The molecule has 30 heavy (non-hydrogen) atoms. The highest BCUT2D eigenvalue weighted by molar-refractivity contribution is 5.88. The fourth-order valence-corrected chi connectivity index (χ4v) is 4.82. The van der Waals surface area contributed by atoms with Crippen molar-refractivity contribution in [1.82, 2.24) is 14.7 Å². The van der Waals surface area contributed by atoms with Crippen LogP contribution in [-0.2, 0) is 9.59 Å². The number of hydrogen-bond donors (Lipinski definition) is 0. The van der Waals surface area contributed by atoms with E-state index >= 15 is 0 Å². The van der Waals surface area contributed by atoms with Gasteiger partial charge in [0, 0.05) is 39.1 Å². The van der Waals surface area contributed by atoms with Gasteiger partial charge in [0.25, 0.3) is 0 Å². The minimum Gasteiger partial charge on any atom is -0.338 e.